The zero-order chi connectivity index (χ0) is 18.8. The third-order valence-electron chi connectivity index (χ3n) is 3.57. The Morgan fingerprint density at radius 2 is 1.56 bits per heavy atom. The maximum absolute atomic E-state index is 12.5. The predicted octanol–water partition coefficient (Wildman–Crippen LogP) is 2.74. The Labute approximate surface area is 161 Å². The molecule has 0 saturated heterocycles. The van der Waals surface area contributed by atoms with Gasteiger partial charge in [-0.15, -0.1) is 0 Å². The summed E-state index contributed by atoms with van der Waals surface area (Å²) < 4.78 is 56.5. The van der Waals surface area contributed by atoms with Crippen LogP contribution in [0.1, 0.15) is 18.5 Å². The number of hydrogen-bond donors (Lipinski definition) is 1. The highest BCUT2D eigenvalue weighted by atomic mass is 127. The molecule has 0 radical (unpaired) electrons. The van der Waals surface area contributed by atoms with Crippen LogP contribution in [-0.2, 0) is 19.9 Å². The number of benzene rings is 2. The van der Waals surface area contributed by atoms with Crippen LogP contribution >= 0.6 is 22.6 Å². The van der Waals surface area contributed by atoms with E-state index in [1.54, 1.807) is 25.1 Å². The lowest BCUT2D eigenvalue weighted by molar-refractivity contribution is 0.411. The maximum Gasteiger partial charge on any atom is 0.241 e. The molecule has 0 aliphatic rings. The van der Waals surface area contributed by atoms with Crippen LogP contribution in [0.4, 0.5) is 0 Å². The van der Waals surface area contributed by atoms with E-state index in [0.717, 1.165) is 6.26 Å². The fourth-order valence-corrected chi connectivity index (χ4v) is 5.02. The van der Waals surface area contributed by atoms with E-state index >= 15 is 0 Å². The standard InChI is InChI=1S/C16H18INO5S2/c1-11(12-4-6-13(7-5-12)24(3,19)20)18-25(21,22)14-8-9-16(23-2)15(17)10-14/h4-11,18H,1-3H3/t11-/m0/s1. The Hall–Kier alpha value is -1.17. The Balaban J connectivity index is 2.24. The molecule has 6 nitrogen and oxygen atoms in total. The third kappa shape index (κ3) is 4.93. The van der Waals surface area contributed by atoms with E-state index in [9.17, 15) is 16.8 Å². The van der Waals surface area contributed by atoms with Crippen molar-refractivity contribution in [2.75, 3.05) is 13.4 Å². The van der Waals surface area contributed by atoms with Gasteiger partial charge >= 0.3 is 0 Å². The van der Waals surface area contributed by atoms with Crippen molar-refractivity contribution in [1.82, 2.24) is 4.72 Å². The van der Waals surface area contributed by atoms with E-state index in [1.165, 1.54) is 31.4 Å². The number of rotatable bonds is 6. The molecule has 0 amide bonds. The van der Waals surface area contributed by atoms with E-state index < -0.39 is 25.9 Å². The van der Waals surface area contributed by atoms with Crippen LogP contribution in [0.3, 0.4) is 0 Å². The minimum Gasteiger partial charge on any atom is -0.496 e. The summed E-state index contributed by atoms with van der Waals surface area (Å²) in [5.74, 6) is 0.601. The lowest BCUT2D eigenvalue weighted by atomic mass is 10.1. The van der Waals surface area contributed by atoms with E-state index in [1.807, 2.05) is 22.6 Å². The highest BCUT2D eigenvalue weighted by molar-refractivity contribution is 14.1. The summed E-state index contributed by atoms with van der Waals surface area (Å²) in [5.41, 5.74) is 0.666. The Morgan fingerprint density at radius 1 is 1.00 bits per heavy atom. The largest absolute Gasteiger partial charge is 0.496 e. The Kier molecular flexibility index (Phi) is 6.13. The number of halogens is 1. The molecule has 0 bridgehead atoms. The summed E-state index contributed by atoms with van der Waals surface area (Å²) in [5, 5.41) is 0. The summed E-state index contributed by atoms with van der Waals surface area (Å²) in [6, 6.07) is 10.2. The van der Waals surface area contributed by atoms with Gasteiger partial charge in [0.25, 0.3) is 0 Å². The van der Waals surface area contributed by atoms with Crippen molar-refractivity contribution in [3.8, 4) is 5.75 Å². The first-order valence-electron chi connectivity index (χ1n) is 7.20. The SMILES string of the molecule is COc1ccc(S(=O)(=O)N[C@@H](C)c2ccc(S(C)(=O)=O)cc2)cc1I. The number of sulfonamides is 1. The van der Waals surface area contributed by atoms with Crippen molar-refractivity contribution in [2.45, 2.75) is 22.8 Å². The summed E-state index contributed by atoms with van der Waals surface area (Å²) in [6.07, 6.45) is 1.12. The molecular weight excluding hydrogens is 477 g/mol. The molecule has 25 heavy (non-hydrogen) atoms. The van der Waals surface area contributed by atoms with Crippen molar-refractivity contribution < 1.29 is 21.6 Å². The van der Waals surface area contributed by atoms with Crippen LogP contribution in [0, 0.1) is 3.57 Å². The molecule has 1 N–H and O–H groups in total. The van der Waals surface area contributed by atoms with Crippen LogP contribution in [0.2, 0.25) is 0 Å². The second-order valence-electron chi connectivity index (χ2n) is 5.48. The van der Waals surface area contributed by atoms with Crippen LogP contribution in [-0.4, -0.2) is 30.2 Å². The quantitative estimate of drug-likeness (QED) is 0.623. The molecule has 9 heteroatoms. The summed E-state index contributed by atoms with van der Waals surface area (Å²) in [6.45, 7) is 1.70. The van der Waals surface area contributed by atoms with Crippen molar-refractivity contribution in [3.05, 3.63) is 51.6 Å². The molecule has 1 atom stereocenters. The summed E-state index contributed by atoms with van der Waals surface area (Å²) >= 11 is 2.01. The first kappa shape index (κ1) is 20.1. The van der Waals surface area contributed by atoms with Gasteiger partial charge in [-0.3, -0.25) is 0 Å². The Bertz CT molecular complexity index is 970. The van der Waals surface area contributed by atoms with Gasteiger partial charge in [-0.25, -0.2) is 21.6 Å². The maximum atomic E-state index is 12.5. The van der Waals surface area contributed by atoms with E-state index in [-0.39, 0.29) is 9.79 Å². The highest BCUT2D eigenvalue weighted by Gasteiger charge is 2.20. The number of nitrogens with one attached hydrogen (secondary N) is 1. The minimum atomic E-state index is -3.72. The average molecular weight is 495 g/mol. The van der Waals surface area contributed by atoms with Crippen molar-refractivity contribution >= 4 is 42.5 Å². The molecule has 0 fully saturated rings. The number of methoxy groups -OCH3 is 1. The first-order valence-corrected chi connectivity index (χ1v) is 11.7. The first-order chi connectivity index (χ1) is 11.5. The van der Waals surface area contributed by atoms with Gasteiger partial charge in [-0.1, -0.05) is 12.1 Å². The summed E-state index contributed by atoms with van der Waals surface area (Å²) in [4.78, 5) is 0.327. The van der Waals surface area contributed by atoms with E-state index in [4.69, 9.17) is 4.74 Å². The van der Waals surface area contributed by atoms with Crippen LogP contribution < -0.4 is 9.46 Å². The minimum absolute atomic E-state index is 0.136. The van der Waals surface area contributed by atoms with Gasteiger partial charge < -0.3 is 4.74 Å². The van der Waals surface area contributed by atoms with Gasteiger partial charge in [0.15, 0.2) is 9.84 Å². The normalized spacial score (nSPS) is 13.4. The third-order valence-corrected chi connectivity index (χ3v) is 7.08. The molecule has 0 aliphatic carbocycles. The van der Waals surface area contributed by atoms with Gasteiger partial charge in [-0.05, 0) is 65.4 Å². The second-order valence-corrected chi connectivity index (χ2v) is 10.4. The smallest absolute Gasteiger partial charge is 0.241 e. The van der Waals surface area contributed by atoms with Crippen molar-refractivity contribution in [1.29, 1.82) is 0 Å². The topological polar surface area (TPSA) is 89.5 Å². The van der Waals surface area contributed by atoms with Gasteiger partial charge in [0.2, 0.25) is 10.0 Å². The summed E-state index contributed by atoms with van der Waals surface area (Å²) in [7, 11) is -5.49. The van der Waals surface area contributed by atoms with Crippen LogP contribution in [0.25, 0.3) is 0 Å². The van der Waals surface area contributed by atoms with Gasteiger partial charge in [-0.2, -0.15) is 0 Å². The van der Waals surface area contributed by atoms with Crippen molar-refractivity contribution in [2.24, 2.45) is 0 Å². The number of sulfone groups is 1. The molecule has 0 heterocycles. The molecule has 2 aromatic rings. The molecule has 2 rings (SSSR count). The molecule has 0 saturated carbocycles. The number of hydrogen-bond acceptors (Lipinski definition) is 5. The lowest BCUT2D eigenvalue weighted by Crippen LogP contribution is -2.27. The highest BCUT2D eigenvalue weighted by Crippen LogP contribution is 2.25. The molecule has 136 valence electrons. The number of ether oxygens (including phenoxy) is 1. The molecule has 0 aliphatic heterocycles. The van der Waals surface area contributed by atoms with Crippen LogP contribution in [0.15, 0.2) is 52.3 Å². The molecule has 0 aromatic heterocycles. The van der Waals surface area contributed by atoms with Crippen molar-refractivity contribution in [3.63, 3.8) is 0 Å². The monoisotopic (exact) mass is 495 g/mol. The molecule has 2 aromatic carbocycles. The fourth-order valence-electron chi connectivity index (χ4n) is 2.19. The predicted molar refractivity (Wildman–Crippen MR) is 104 cm³/mol. The van der Waals surface area contributed by atoms with Gasteiger partial charge in [0, 0.05) is 12.3 Å². The van der Waals surface area contributed by atoms with Gasteiger partial charge in [0.1, 0.15) is 5.75 Å². The average Bonchev–Trinajstić information content (AvgIpc) is 2.53. The molecule has 0 unspecified atom stereocenters. The lowest BCUT2D eigenvalue weighted by Gasteiger charge is -2.15. The van der Waals surface area contributed by atoms with E-state index in [2.05, 4.69) is 4.72 Å². The van der Waals surface area contributed by atoms with Crippen LogP contribution in [0.5, 0.6) is 5.75 Å². The van der Waals surface area contributed by atoms with E-state index in [0.29, 0.717) is 14.9 Å². The fraction of sp³-hybridized carbons (Fsp3) is 0.250. The Morgan fingerprint density at radius 3 is 2.04 bits per heavy atom. The zero-order valence-corrected chi connectivity index (χ0v) is 17.6. The zero-order valence-electron chi connectivity index (χ0n) is 13.9. The molecule has 0 spiro atoms. The second kappa shape index (κ2) is 7.60. The molecular formula is C16H18INO5S2. The van der Waals surface area contributed by atoms with Gasteiger partial charge in [0.05, 0.1) is 20.5 Å².